The van der Waals surface area contributed by atoms with E-state index in [0.717, 1.165) is 17.7 Å². The Bertz CT molecular complexity index is 608. The zero-order valence-electron chi connectivity index (χ0n) is 11.8. The molecular formula is C16H16F3NO. The van der Waals surface area contributed by atoms with E-state index >= 15 is 0 Å². The van der Waals surface area contributed by atoms with Crippen molar-refractivity contribution in [3.63, 3.8) is 0 Å². The van der Waals surface area contributed by atoms with Crippen molar-refractivity contribution in [1.29, 1.82) is 0 Å². The molecule has 0 heterocycles. The maximum atomic E-state index is 13.5. The van der Waals surface area contributed by atoms with Crippen LogP contribution in [0.5, 0.6) is 5.75 Å². The van der Waals surface area contributed by atoms with E-state index in [4.69, 9.17) is 4.74 Å². The SMILES string of the molecule is CCNC(c1cc(F)c(F)c(F)c1)c1ccccc1OC. The molecule has 0 aliphatic rings. The minimum Gasteiger partial charge on any atom is -0.496 e. The highest BCUT2D eigenvalue weighted by atomic mass is 19.2. The van der Waals surface area contributed by atoms with E-state index in [0.29, 0.717) is 17.9 Å². The van der Waals surface area contributed by atoms with Gasteiger partial charge in [-0.2, -0.15) is 0 Å². The predicted octanol–water partition coefficient (Wildman–Crippen LogP) is 3.81. The monoisotopic (exact) mass is 295 g/mol. The Morgan fingerprint density at radius 2 is 1.71 bits per heavy atom. The van der Waals surface area contributed by atoms with Crippen LogP contribution in [-0.4, -0.2) is 13.7 Å². The lowest BCUT2D eigenvalue weighted by atomic mass is 9.97. The Hall–Kier alpha value is -2.01. The van der Waals surface area contributed by atoms with Gasteiger partial charge in [0.15, 0.2) is 17.5 Å². The van der Waals surface area contributed by atoms with E-state index in [-0.39, 0.29) is 0 Å². The number of para-hydroxylation sites is 1. The van der Waals surface area contributed by atoms with Crippen molar-refractivity contribution in [2.75, 3.05) is 13.7 Å². The first kappa shape index (κ1) is 15.4. The largest absolute Gasteiger partial charge is 0.496 e. The predicted molar refractivity (Wildman–Crippen MR) is 74.8 cm³/mol. The molecule has 0 radical (unpaired) electrons. The lowest BCUT2D eigenvalue weighted by Crippen LogP contribution is -2.23. The van der Waals surface area contributed by atoms with Crippen molar-refractivity contribution in [2.24, 2.45) is 0 Å². The van der Waals surface area contributed by atoms with Gasteiger partial charge in [-0.3, -0.25) is 0 Å². The summed E-state index contributed by atoms with van der Waals surface area (Å²) in [5.74, 6) is -3.28. The van der Waals surface area contributed by atoms with Crippen LogP contribution in [-0.2, 0) is 0 Å². The summed E-state index contributed by atoms with van der Waals surface area (Å²) < 4.78 is 45.3. The Balaban J connectivity index is 2.53. The van der Waals surface area contributed by atoms with Gasteiger partial charge in [0.2, 0.25) is 0 Å². The van der Waals surface area contributed by atoms with Crippen molar-refractivity contribution in [3.8, 4) is 5.75 Å². The van der Waals surface area contributed by atoms with Crippen LogP contribution in [0.15, 0.2) is 36.4 Å². The van der Waals surface area contributed by atoms with E-state index in [2.05, 4.69) is 5.32 Å². The quantitative estimate of drug-likeness (QED) is 0.847. The normalized spacial score (nSPS) is 12.2. The number of halogens is 3. The molecule has 0 saturated carbocycles. The summed E-state index contributed by atoms with van der Waals surface area (Å²) >= 11 is 0. The van der Waals surface area contributed by atoms with Crippen LogP contribution in [0.4, 0.5) is 13.2 Å². The highest BCUT2D eigenvalue weighted by molar-refractivity contribution is 5.42. The molecule has 1 atom stereocenters. The highest BCUT2D eigenvalue weighted by Gasteiger charge is 2.20. The fourth-order valence-electron chi connectivity index (χ4n) is 2.26. The van der Waals surface area contributed by atoms with E-state index < -0.39 is 23.5 Å². The highest BCUT2D eigenvalue weighted by Crippen LogP contribution is 2.31. The van der Waals surface area contributed by atoms with Gasteiger partial charge >= 0.3 is 0 Å². The van der Waals surface area contributed by atoms with Gasteiger partial charge in [0.05, 0.1) is 13.2 Å². The Morgan fingerprint density at radius 3 is 2.29 bits per heavy atom. The molecule has 2 aromatic carbocycles. The Labute approximate surface area is 121 Å². The lowest BCUT2D eigenvalue weighted by molar-refractivity contribution is 0.403. The van der Waals surface area contributed by atoms with Gasteiger partial charge in [-0.25, -0.2) is 13.2 Å². The minimum atomic E-state index is -1.46. The third-order valence-corrected chi connectivity index (χ3v) is 3.20. The zero-order valence-corrected chi connectivity index (χ0v) is 11.8. The molecular weight excluding hydrogens is 279 g/mol. The maximum absolute atomic E-state index is 13.5. The van der Waals surface area contributed by atoms with E-state index in [1.807, 2.05) is 6.92 Å². The number of nitrogens with one attached hydrogen (secondary N) is 1. The molecule has 21 heavy (non-hydrogen) atoms. The fraction of sp³-hybridized carbons (Fsp3) is 0.250. The van der Waals surface area contributed by atoms with E-state index in [1.165, 1.54) is 7.11 Å². The first-order valence-corrected chi connectivity index (χ1v) is 6.59. The molecule has 0 aliphatic carbocycles. The second kappa shape index (κ2) is 6.63. The van der Waals surface area contributed by atoms with Crippen LogP contribution >= 0.6 is 0 Å². The molecule has 0 fully saturated rings. The molecule has 112 valence electrons. The van der Waals surface area contributed by atoms with Gasteiger partial charge in [0.1, 0.15) is 5.75 Å². The molecule has 0 amide bonds. The molecule has 2 aromatic rings. The number of ether oxygens (including phenoxy) is 1. The van der Waals surface area contributed by atoms with Crippen LogP contribution in [0, 0.1) is 17.5 Å². The molecule has 0 aliphatic heterocycles. The molecule has 1 unspecified atom stereocenters. The molecule has 2 rings (SSSR count). The Kier molecular flexibility index (Phi) is 4.85. The first-order chi connectivity index (χ1) is 10.1. The van der Waals surface area contributed by atoms with Crippen molar-refractivity contribution >= 4 is 0 Å². The van der Waals surface area contributed by atoms with Gasteiger partial charge in [-0.05, 0) is 30.3 Å². The van der Waals surface area contributed by atoms with Gasteiger partial charge in [0, 0.05) is 5.56 Å². The fourth-order valence-corrected chi connectivity index (χ4v) is 2.26. The van der Waals surface area contributed by atoms with Crippen LogP contribution in [0.2, 0.25) is 0 Å². The van der Waals surface area contributed by atoms with Crippen LogP contribution in [0.25, 0.3) is 0 Å². The van der Waals surface area contributed by atoms with Crippen molar-refractivity contribution in [3.05, 3.63) is 65.0 Å². The van der Waals surface area contributed by atoms with Crippen LogP contribution < -0.4 is 10.1 Å². The first-order valence-electron chi connectivity index (χ1n) is 6.59. The molecule has 0 spiro atoms. The zero-order chi connectivity index (χ0) is 15.4. The molecule has 1 N–H and O–H groups in total. The number of hydrogen-bond acceptors (Lipinski definition) is 2. The summed E-state index contributed by atoms with van der Waals surface area (Å²) in [6.07, 6.45) is 0. The average Bonchev–Trinajstić information content (AvgIpc) is 2.49. The van der Waals surface area contributed by atoms with Gasteiger partial charge in [-0.1, -0.05) is 25.1 Å². The minimum absolute atomic E-state index is 0.303. The summed E-state index contributed by atoms with van der Waals surface area (Å²) in [6, 6.07) is 8.67. The topological polar surface area (TPSA) is 21.3 Å². The van der Waals surface area contributed by atoms with Crippen molar-refractivity contribution in [1.82, 2.24) is 5.32 Å². The molecule has 0 aromatic heterocycles. The third kappa shape index (κ3) is 3.19. The smallest absolute Gasteiger partial charge is 0.194 e. The molecule has 2 nitrogen and oxygen atoms in total. The summed E-state index contributed by atoms with van der Waals surface area (Å²) in [7, 11) is 1.52. The molecule has 0 saturated heterocycles. The summed E-state index contributed by atoms with van der Waals surface area (Å²) in [5, 5.41) is 3.13. The maximum Gasteiger partial charge on any atom is 0.194 e. The van der Waals surface area contributed by atoms with E-state index in [1.54, 1.807) is 24.3 Å². The van der Waals surface area contributed by atoms with E-state index in [9.17, 15) is 13.2 Å². The van der Waals surface area contributed by atoms with Crippen molar-refractivity contribution in [2.45, 2.75) is 13.0 Å². The summed E-state index contributed by atoms with van der Waals surface area (Å²) in [5.41, 5.74) is 1.03. The summed E-state index contributed by atoms with van der Waals surface area (Å²) in [6.45, 7) is 2.45. The van der Waals surface area contributed by atoms with Crippen LogP contribution in [0.1, 0.15) is 24.1 Å². The van der Waals surface area contributed by atoms with Gasteiger partial charge in [-0.15, -0.1) is 0 Å². The standard InChI is InChI=1S/C16H16F3NO/c1-3-20-16(11-6-4-5-7-14(11)21-2)10-8-12(17)15(19)13(18)9-10/h4-9,16,20H,3H2,1-2H3. The number of methoxy groups -OCH3 is 1. The Morgan fingerprint density at radius 1 is 1.10 bits per heavy atom. The summed E-state index contributed by atoms with van der Waals surface area (Å²) in [4.78, 5) is 0. The average molecular weight is 295 g/mol. The lowest BCUT2D eigenvalue weighted by Gasteiger charge is -2.21. The van der Waals surface area contributed by atoms with Crippen molar-refractivity contribution < 1.29 is 17.9 Å². The molecule has 5 heteroatoms. The van der Waals surface area contributed by atoms with Gasteiger partial charge in [0.25, 0.3) is 0 Å². The number of rotatable bonds is 5. The van der Waals surface area contributed by atoms with Crippen LogP contribution in [0.3, 0.4) is 0 Å². The number of hydrogen-bond donors (Lipinski definition) is 1. The third-order valence-electron chi connectivity index (χ3n) is 3.20. The second-order valence-electron chi connectivity index (χ2n) is 4.53. The van der Waals surface area contributed by atoms with Gasteiger partial charge < -0.3 is 10.1 Å². The second-order valence-corrected chi connectivity index (χ2v) is 4.53. The number of benzene rings is 2. The molecule has 0 bridgehead atoms.